The zero-order chi connectivity index (χ0) is 14.7. The summed E-state index contributed by atoms with van der Waals surface area (Å²) < 4.78 is 0. The lowest BCUT2D eigenvalue weighted by atomic mass is 10.0. The molecule has 0 radical (unpaired) electrons. The number of carbonyl (C=O) groups excluding carboxylic acids is 2. The fourth-order valence-corrected chi connectivity index (χ4v) is 2.04. The van der Waals surface area contributed by atoms with E-state index in [2.05, 4.69) is 20.8 Å². The van der Waals surface area contributed by atoms with Gasteiger partial charge < -0.3 is 10.6 Å². The molecule has 1 aromatic heterocycles. The summed E-state index contributed by atoms with van der Waals surface area (Å²) in [5, 5.41) is 13.2. The van der Waals surface area contributed by atoms with Crippen molar-refractivity contribution >= 4 is 28.4 Å². The summed E-state index contributed by atoms with van der Waals surface area (Å²) >= 11 is 0. The van der Waals surface area contributed by atoms with E-state index in [0.717, 1.165) is 10.9 Å². The number of aromatic amines is 1. The van der Waals surface area contributed by atoms with Crippen molar-refractivity contribution in [2.24, 2.45) is 5.92 Å². The molecular formula is C14H18N4O2. The Morgan fingerprint density at radius 3 is 2.70 bits per heavy atom. The molecule has 1 heterocycles. The maximum absolute atomic E-state index is 12.3. The Bertz CT molecular complexity index is 633. The third-order valence-electron chi connectivity index (χ3n) is 3.04. The Labute approximate surface area is 116 Å². The molecule has 3 N–H and O–H groups in total. The molecule has 2 amide bonds. The lowest BCUT2D eigenvalue weighted by molar-refractivity contribution is -0.126. The van der Waals surface area contributed by atoms with Crippen LogP contribution >= 0.6 is 0 Å². The van der Waals surface area contributed by atoms with Crippen molar-refractivity contribution in [2.45, 2.75) is 26.8 Å². The van der Waals surface area contributed by atoms with Gasteiger partial charge in [-0.25, -0.2) is 0 Å². The van der Waals surface area contributed by atoms with E-state index in [9.17, 15) is 9.59 Å². The Kier molecular flexibility index (Phi) is 4.02. The number of aromatic nitrogens is 2. The Morgan fingerprint density at radius 1 is 1.30 bits per heavy atom. The van der Waals surface area contributed by atoms with E-state index in [-0.39, 0.29) is 17.7 Å². The van der Waals surface area contributed by atoms with Crippen molar-refractivity contribution in [3.8, 4) is 0 Å². The zero-order valence-electron chi connectivity index (χ0n) is 11.7. The predicted molar refractivity (Wildman–Crippen MR) is 77.2 cm³/mol. The molecule has 0 fully saturated rings. The van der Waals surface area contributed by atoms with E-state index in [4.69, 9.17) is 0 Å². The van der Waals surface area contributed by atoms with E-state index < -0.39 is 6.04 Å². The summed E-state index contributed by atoms with van der Waals surface area (Å²) in [6, 6.07) is 4.98. The van der Waals surface area contributed by atoms with Gasteiger partial charge in [0.2, 0.25) is 11.8 Å². The molecule has 0 spiro atoms. The molecule has 1 atom stereocenters. The van der Waals surface area contributed by atoms with Crippen LogP contribution in [0.2, 0.25) is 0 Å². The van der Waals surface area contributed by atoms with Crippen molar-refractivity contribution < 1.29 is 9.59 Å². The SMILES string of the molecule is CC(=O)NC(C(=O)Nc1cccc2cn[nH]c12)C(C)C. The lowest BCUT2D eigenvalue weighted by Crippen LogP contribution is -2.46. The van der Waals surface area contributed by atoms with Gasteiger partial charge in [-0.2, -0.15) is 5.10 Å². The monoisotopic (exact) mass is 274 g/mol. The van der Waals surface area contributed by atoms with Gasteiger partial charge in [0.15, 0.2) is 0 Å². The first-order valence-electron chi connectivity index (χ1n) is 6.49. The average Bonchev–Trinajstić information content (AvgIpc) is 2.84. The summed E-state index contributed by atoms with van der Waals surface area (Å²) in [4.78, 5) is 23.5. The minimum Gasteiger partial charge on any atom is -0.344 e. The number of hydrogen-bond donors (Lipinski definition) is 3. The van der Waals surface area contributed by atoms with Crippen molar-refractivity contribution in [2.75, 3.05) is 5.32 Å². The van der Waals surface area contributed by atoms with Crippen LogP contribution in [0.25, 0.3) is 10.9 Å². The van der Waals surface area contributed by atoms with Gasteiger partial charge in [0.1, 0.15) is 6.04 Å². The number of nitrogens with zero attached hydrogens (tertiary/aromatic N) is 1. The highest BCUT2D eigenvalue weighted by molar-refractivity contribution is 6.03. The molecule has 0 aliphatic heterocycles. The van der Waals surface area contributed by atoms with E-state index in [1.807, 2.05) is 26.0 Å². The number of H-pyrrole nitrogens is 1. The number of amides is 2. The molecule has 106 valence electrons. The van der Waals surface area contributed by atoms with Crippen molar-refractivity contribution in [1.29, 1.82) is 0 Å². The topological polar surface area (TPSA) is 86.9 Å². The van der Waals surface area contributed by atoms with Gasteiger partial charge in [0.05, 0.1) is 17.4 Å². The van der Waals surface area contributed by atoms with Gasteiger partial charge in [-0.1, -0.05) is 26.0 Å². The van der Waals surface area contributed by atoms with Gasteiger partial charge >= 0.3 is 0 Å². The minimum atomic E-state index is -0.564. The summed E-state index contributed by atoms with van der Waals surface area (Å²) in [5.41, 5.74) is 1.42. The van der Waals surface area contributed by atoms with Gasteiger partial charge in [0.25, 0.3) is 0 Å². The Balaban J connectivity index is 2.21. The Morgan fingerprint density at radius 2 is 2.05 bits per heavy atom. The maximum atomic E-state index is 12.3. The maximum Gasteiger partial charge on any atom is 0.247 e. The largest absolute Gasteiger partial charge is 0.344 e. The smallest absolute Gasteiger partial charge is 0.247 e. The highest BCUT2D eigenvalue weighted by Crippen LogP contribution is 2.21. The van der Waals surface area contributed by atoms with Crippen molar-refractivity contribution in [3.05, 3.63) is 24.4 Å². The molecule has 1 aromatic carbocycles. The molecule has 1 unspecified atom stereocenters. The number of rotatable bonds is 4. The number of nitrogens with one attached hydrogen (secondary N) is 3. The highest BCUT2D eigenvalue weighted by atomic mass is 16.2. The highest BCUT2D eigenvalue weighted by Gasteiger charge is 2.23. The minimum absolute atomic E-state index is 0.000120. The van der Waals surface area contributed by atoms with Crippen LogP contribution in [0.15, 0.2) is 24.4 Å². The molecule has 0 saturated carbocycles. The molecule has 2 rings (SSSR count). The van der Waals surface area contributed by atoms with E-state index in [1.54, 1.807) is 12.3 Å². The van der Waals surface area contributed by atoms with E-state index in [0.29, 0.717) is 5.69 Å². The van der Waals surface area contributed by atoms with Crippen LogP contribution in [-0.4, -0.2) is 28.1 Å². The molecule has 6 heteroatoms. The Hall–Kier alpha value is -2.37. The normalized spacial score (nSPS) is 12.4. The van der Waals surface area contributed by atoms with Crippen LogP contribution in [0.4, 0.5) is 5.69 Å². The van der Waals surface area contributed by atoms with E-state index >= 15 is 0 Å². The third-order valence-corrected chi connectivity index (χ3v) is 3.04. The molecule has 0 aliphatic rings. The van der Waals surface area contributed by atoms with Gasteiger partial charge in [-0.15, -0.1) is 0 Å². The molecule has 6 nitrogen and oxygen atoms in total. The first-order chi connectivity index (χ1) is 9.49. The quantitative estimate of drug-likeness (QED) is 0.792. The second-order valence-corrected chi connectivity index (χ2v) is 5.05. The van der Waals surface area contributed by atoms with Crippen LogP contribution < -0.4 is 10.6 Å². The number of para-hydroxylation sites is 1. The second-order valence-electron chi connectivity index (χ2n) is 5.05. The van der Waals surface area contributed by atoms with Gasteiger partial charge in [0, 0.05) is 12.3 Å². The first-order valence-corrected chi connectivity index (χ1v) is 6.49. The summed E-state index contributed by atoms with van der Waals surface area (Å²) in [7, 11) is 0. The number of fused-ring (bicyclic) bond motifs is 1. The molecular weight excluding hydrogens is 256 g/mol. The molecule has 0 saturated heterocycles. The number of anilines is 1. The van der Waals surface area contributed by atoms with Crippen molar-refractivity contribution in [1.82, 2.24) is 15.5 Å². The molecule has 2 aromatic rings. The molecule has 0 aliphatic carbocycles. The van der Waals surface area contributed by atoms with Crippen LogP contribution in [0.3, 0.4) is 0 Å². The number of hydrogen-bond acceptors (Lipinski definition) is 3. The third kappa shape index (κ3) is 2.96. The van der Waals surface area contributed by atoms with Crippen LogP contribution in [0.5, 0.6) is 0 Å². The van der Waals surface area contributed by atoms with Crippen LogP contribution in [0.1, 0.15) is 20.8 Å². The standard InChI is InChI=1S/C14H18N4O2/c1-8(2)12(16-9(3)19)14(20)17-11-6-4-5-10-7-15-18-13(10)11/h4-8,12H,1-3H3,(H,15,18)(H,16,19)(H,17,20). The summed E-state index contributed by atoms with van der Waals surface area (Å²) in [5.74, 6) is -0.462. The van der Waals surface area contributed by atoms with E-state index in [1.165, 1.54) is 6.92 Å². The van der Waals surface area contributed by atoms with Crippen LogP contribution in [0, 0.1) is 5.92 Å². The number of benzene rings is 1. The fourth-order valence-electron chi connectivity index (χ4n) is 2.04. The first kappa shape index (κ1) is 14.0. The predicted octanol–water partition coefficient (Wildman–Crippen LogP) is 1.66. The molecule has 20 heavy (non-hydrogen) atoms. The average molecular weight is 274 g/mol. The van der Waals surface area contributed by atoms with Gasteiger partial charge in [-0.05, 0) is 12.0 Å². The van der Waals surface area contributed by atoms with Crippen molar-refractivity contribution in [3.63, 3.8) is 0 Å². The van der Waals surface area contributed by atoms with Crippen LogP contribution in [-0.2, 0) is 9.59 Å². The number of carbonyl (C=O) groups is 2. The summed E-state index contributed by atoms with van der Waals surface area (Å²) in [6.07, 6.45) is 1.69. The molecule has 0 bridgehead atoms. The van der Waals surface area contributed by atoms with Gasteiger partial charge in [-0.3, -0.25) is 14.7 Å². The zero-order valence-corrected chi connectivity index (χ0v) is 11.7. The fraction of sp³-hybridized carbons (Fsp3) is 0.357. The summed E-state index contributed by atoms with van der Waals surface area (Å²) in [6.45, 7) is 5.17. The lowest BCUT2D eigenvalue weighted by Gasteiger charge is -2.21. The second kappa shape index (κ2) is 5.73.